The molecule has 22 heavy (non-hydrogen) atoms. The Morgan fingerprint density at radius 1 is 1.23 bits per heavy atom. The van der Waals surface area contributed by atoms with Crippen LogP contribution in [0, 0.1) is 13.8 Å². The van der Waals surface area contributed by atoms with Crippen molar-refractivity contribution in [1.82, 2.24) is 4.57 Å². The fourth-order valence-electron chi connectivity index (χ4n) is 4.60. The molecule has 2 unspecified atom stereocenters. The Bertz CT molecular complexity index is 878. The summed E-state index contributed by atoms with van der Waals surface area (Å²) in [6.07, 6.45) is 6.16. The third-order valence-corrected chi connectivity index (χ3v) is 5.43. The Morgan fingerprint density at radius 3 is 2.68 bits per heavy atom. The first-order valence-electron chi connectivity index (χ1n) is 7.93. The van der Waals surface area contributed by atoms with Gasteiger partial charge in [0.1, 0.15) is 5.56 Å². The third-order valence-electron chi connectivity index (χ3n) is 5.43. The monoisotopic (exact) mass is 297 g/mol. The first kappa shape index (κ1) is 13.6. The molecule has 1 aliphatic heterocycles. The van der Waals surface area contributed by atoms with E-state index in [1.807, 2.05) is 13.0 Å². The van der Waals surface area contributed by atoms with E-state index in [2.05, 4.69) is 11.5 Å². The molecule has 0 amide bonds. The van der Waals surface area contributed by atoms with Crippen LogP contribution in [0.1, 0.15) is 64.7 Å². The zero-order valence-corrected chi connectivity index (χ0v) is 12.8. The van der Waals surface area contributed by atoms with Gasteiger partial charge in [0, 0.05) is 23.5 Å². The Morgan fingerprint density at radius 2 is 1.95 bits per heavy atom. The van der Waals surface area contributed by atoms with E-state index in [9.17, 15) is 14.7 Å². The molecular weight excluding hydrogens is 278 g/mol. The zero-order valence-electron chi connectivity index (χ0n) is 12.8. The molecule has 1 aromatic carbocycles. The van der Waals surface area contributed by atoms with Gasteiger partial charge in [0.2, 0.25) is 5.43 Å². The summed E-state index contributed by atoms with van der Waals surface area (Å²) in [4.78, 5) is 24.1. The van der Waals surface area contributed by atoms with Crippen molar-refractivity contribution in [3.63, 3.8) is 0 Å². The summed E-state index contributed by atoms with van der Waals surface area (Å²) in [5.41, 5.74) is 3.95. The normalized spacial score (nSPS) is 22.8. The summed E-state index contributed by atoms with van der Waals surface area (Å²) in [5.74, 6) is -0.697. The van der Waals surface area contributed by atoms with Crippen molar-refractivity contribution in [2.45, 2.75) is 51.5 Å². The van der Waals surface area contributed by atoms with Gasteiger partial charge in [-0.25, -0.2) is 4.79 Å². The first-order chi connectivity index (χ1) is 10.5. The zero-order chi connectivity index (χ0) is 15.6. The molecule has 0 bridgehead atoms. The van der Waals surface area contributed by atoms with E-state index in [1.54, 1.807) is 6.20 Å². The van der Waals surface area contributed by atoms with Crippen molar-refractivity contribution in [2.75, 3.05) is 0 Å². The second kappa shape index (κ2) is 4.45. The number of aryl methyl sites for hydroxylation is 2. The lowest BCUT2D eigenvalue weighted by molar-refractivity contribution is 0.0694. The van der Waals surface area contributed by atoms with Crippen LogP contribution < -0.4 is 5.43 Å². The number of pyridine rings is 1. The van der Waals surface area contributed by atoms with Gasteiger partial charge in [0.05, 0.1) is 5.52 Å². The summed E-state index contributed by atoms with van der Waals surface area (Å²) in [7, 11) is 0. The fraction of sp³-hybridized carbons (Fsp3) is 0.444. The number of carboxylic acids is 1. The number of carboxylic acid groups (broad SMARTS) is 1. The maximum Gasteiger partial charge on any atom is 0.341 e. The Balaban J connectivity index is 2.19. The number of aromatic carboxylic acids is 1. The van der Waals surface area contributed by atoms with Crippen LogP contribution >= 0.6 is 0 Å². The molecule has 0 saturated heterocycles. The van der Waals surface area contributed by atoms with Crippen molar-refractivity contribution in [3.8, 4) is 0 Å². The number of hydrogen-bond donors (Lipinski definition) is 1. The highest BCUT2D eigenvalue weighted by molar-refractivity contribution is 5.96. The molecule has 4 nitrogen and oxygen atoms in total. The van der Waals surface area contributed by atoms with Crippen LogP contribution in [0.15, 0.2) is 17.1 Å². The van der Waals surface area contributed by atoms with E-state index in [0.29, 0.717) is 17.3 Å². The fourth-order valence-corrected chi connectivity index (χ4v) is 4.60. The number of nitrogens with zero attached hydrogens (tertiary/aromatic N) is 1. The molecule has 2 heterocycles. The van der Waals surface area contributed by atoms with E-state index >= 15 is 0 Å². The van der Waals surface area contributed by atoms with E-state index in [-0.39, 0.29) is 11.0 Å². The first-order valence-corrected chi connectivity index (χ1v) is 7.93. The lowest BCUT2D eigenvalue weighted by atomic mass is 9.80. The second-order valence-corrected chi connectivity index (χ2v) is 6.69. The van der Waals surface area contributed by atoms with E-state index < -0.39 is 5.97 Å². The van der Waals surface area contributed by atoms with Crippen LogP contribution in [-0.2, 0) is 0 Å². The van der Waals surface area contributed by atoms with Gasteiger partial charge in [-0.05, 0) is 43.4 Å². The molecule has 1 aromatic heterocycles. The van der Waals surface area contributed by atoms with Gasteiger partial charge >= 0.3 is 5.97 Å². The van der Waals surface area contributed by atoms with E-state index in [1.165, 1.54) is 24.0 Å². The predicted octanol–water partition coefficient (Wildman–Crippen LogP) is 3.53. The number of carbonyl (C=O) groups is 1. The summed E-state index contributed by atoms with van der Waals surface area (Å²) in [5, 5.41) is 10.00. The maximum atomic E-state index is 12.6. The smallest absolute Gasteiger partial charge is 0.341 e. The number of benzene rings is 1. The number of rotatable bonds is 1. The van der Waals surface area contributed by atoms with Gasteiger partial charge in [0.15, 0.2) is 0 Å². The van der Waals surface area contributed by atoms with Crippen LogP contribution in [0.25, 0.3) is 10.9 Å². The minimum Gasteiger partial charge on any atom is -0.477 e. The van der Waals surface area contributed by atoms with Gasteiger partial charge < -0.3 is 9.67 Å². The molecule has 0 radical (unpaired) electrons. The van der Waals surface area contributed by atoms with Gasteiger partial charge in [-0.1, -0.05) is 18.9 Å². The average molecular weight is 297 g/mol. The maximum absolute atomic E-state index is 12.6. The van der Waals surface area contributed by atoms with Crippen molar-refractivity contribution in [3.05, 3.63) is 44.7 Å². The van der Waals surface area contributed by atoms with Crippen molar-refractivity contribution < 1.29 is 9.90 Å². The molecule has 2 aliphatic rings. The summed E-state index contributed by atoms with van der Waals surface area (Å²) < 4.78 is 2.10. The predicted molar refractivity (Wildman–Crippen MR) is 84.9 cm³/mol. The Labute approximate surface area is 128 Å². The van der Waals surface area contributed by atoms with Crippen LogP contribution in [0.5, 0.6) is 0 Å². The number of fused-ring (bicyclic) bond motifs is 3. The summed E-state index contributed by atoms with van der Waals surface area (Å²) >= 11 is 0. The molecular formula is C18H19NO3. The largest absolute Gasteiger partial charge is 0.477 e. The summed E-state index contributed by atoms with van der Waals surface area (Å²) in [6, 6.07) is 2.36. The highest BCUT2D eigenvalue weighted by atomic mass is 16.4. The molecule has 1 N–H and O–H groups in total. The van der Waals surface area contributed by atoms with Crippen LogP contribution in [0.4, 0.5) is 0 Å². The highest BCUT2D eigenvalue weighted by Gasteiger charge is 2.38. The SMILES string of the molecule is Cc1cc(C)c2c(=O)c(C(=O)O)cn3c2c1C1CCCCC13. The van der Waals surface area contributed by atoms with E-state index in [4.69, 9.17) is 0 Å². The molecule has 2 atom stereocenters. The molecule has 4 heteroatoms. The van der Waals surface area contributed by atoms with Crippen LogP contribution in [-0.4, -0.2) is 15.6 Å². The molecule has 0 spiro atoms. The van der Waals surface area contributed by atoms with Gasteiger partial charge in [-0.2, -0.15) is 0 Å². The quantitative estimate of drug-likeness (QED) is 0.876. The third kappa shape index (κ3) is 1.58. The van der Waals surface area contributed by atoms with Gasteiger partial charge in [-0.15, -0.1) is 0 Å². The van der Waals surface area contributed by atoms with Crippen molar-refractivity contribution in [2.24, 2.45) is 0 Å². The molecule has 1 fully saturated rings. The minimum atomic E-state index is -1.13. The average Bonchev–Trinajstić information content (AvgIpc) is 2.79. The Hall–Kier alpha value is -2.10. The van der Waals surface area contributed by atoms with Gasteiger partial charge in [0.25, 0.3) is 0 Å². The Kier molecular flexibility index (Phi) is 2.74. The van der Waals surface area contributed by atoms with Crippen LogP contribution in [0.3, 0.4) is 0 Å². The number of aromatic nitrogens is 1. The topological polar surface area (TPSA) is 59.3 Å². The van der Waals surface area contributed by atoms with E-state index in [0.717, 1.165) is 23.9 Å². The standard InChI is InChI=1S/C18H19NO3/c1-9-7-10(2)15-16-14(9)11-5-3-4-6-13(11)19(16)8-12(17(15)20)18(21)22/h7-8,11,13H,3-6H2,1-2H3,(H,21,22). The number of hydrogen-bond acceptors (Lipinski definition) is 2. The summed E-state index contributed by atoms with van der Waals surface area (Å²) in [6.45, 7) is 4.02. The minimum absolute atomic E-state index is 0.100. The van der Waals surface area contributed by atoms with Gasteiger partial charge in [-0.3, -0.25) is 4.79 Å². The molecule has 2 aromatic rings. The second-order valence-electron chi connectivity index (χ2n) is 6.69. The van der Waals surface area contributed by atoms with Crippen molar-refractivity contribution >= 4 is 16.9 Å². The lowest BCUT2D eigenvalue weighted by Gasteiger charge is -2.28. The molecule has 1 saturated carbocycles. The molecule has 114 valence electrons. The van der Waals surface area contributed by atoms with Crippen molar-refractivity contribution in [1.29, 1.82) is 0 Å². The lowest BCUT2D eigenvalue weighted by Crippen LogP contribution is -2.21. The van der Waals surface area contributed by atoms with Crippen LogP contribution in [0.2, 0.25) is 0 Å². The molecule has 1 aliphatic carbocycles. The highest BCUT2D eigenvalue weighted by Crippen LogP contribution is 2.50. The molecule has 4 rings (SSSR count).